The normalized spacial score (nSPS) is 10.7. The quantitative estimate of drug-likeness (QED) is 0.449. The summed E-state index contributed by atoms with van der Waals surface area (Å²) in [5, 5.41) is 4.49. The molecule has 0 bridgehead atoms. The van der Waals surface area contributed by atoms with Crippen LogP contribution in [0.2, 0.25) is 0 Å². The third-order valence-corrected chi connectivity index (χ3v) is 5.90. The number of urea groups is 1. The van der Waals surface area contributed by atoms with E-state index in [1.807, 2.05) is 0 Å². The molecule has 3 N–H and O–H groups in total. The summed E-state index contributed by atoms with van der Waals surface area (Å²) in [7, 11) is -0.823. The van der Waals surface area contributed by atoms with Crippen molar-refractivity contribution in [2.24, 2.45) is 0 Å². The molecule has 2 aromatic rings. The molecule has 0 aliphatic rings. The molecule has 14 nitrogen and oxygen atoms in total. The van der Waals surface area contributed by atoms with Gasteiger partial charge in [0.25, 0.3) is 15.9 Å². The summed E-state index contributed by atoms with van der Waals surface area (Å²) >= 11 is 0. The Bertz CT molecular complexity index is 1180. The van der Waals surface area contributed by atoms with Crippen molar-refractivity contribution in [2.75, 3.05) is 45.1 Å². The van der Waals surface area contributed by atoms with E-state index in [4.69, 9.17) is 9.47 Å². The number of hydrogen-bond acceptors (Lipinski definition) is 10. The predicted octanol–water partition coefficient (Wildman–Crippen LogP) is 1.66. The molecule has 1 aromatic carbocycles. The fraction of sp³-hybridized carbons (Fsp3) is 0.350. The fourth-order valence-electron chi connectivity index (χ4n) is 2.82. The van der Waals surface area contributed by atoms with Crippen LogP contribution < -0.4 is 24.8 Å². The molecule has 0 fully saturated rings. The summed E-state index contributed by atoms with van der Waals surface area (Å²) in [6.07, 6.45) is -0.856. The van der Waals surface area contributed by atoms with Gasteiger partial charge in [-0.15, -0.1) is 0 Å². The lowest BCUT2D eigenvalue weighted by atomic mass is 10.1. The molecule has 0 atom stereocenters. The topological polar surface area (TPSA) is 178 Å². The molecule has 2 rings (SSSR count). The molecular formula is C20H26N6O8S. The van der Waals surface area contributed by atoms with E-state index in [9.17, 15) is 22.8 Å². The Balaban J connectivity index is 2.43. The number of methoxy groups -OCH3 is 3. The Morgan fingerprint density at radius 1 is 0.943 bits per heavy atom. The zero-order valence-corrected chi connectivity index (χ0v) is 20.6. The third-order valence-electron chi connectivity index (χ3n) is 4.53. The van der Waals surface area contributed by atoms with Gasteiger partial charge in [0.2, 0.25) is 17.7 Å². The van der Waals surface area contributed by atoms with E-state index in [1.165, 1.54) is 37.3 Å². The second kappa shape index (κ2) is 11.8. The summed E-state index contributed by atoms with van der Waals surface area (Å²) < 4.78 is 42.5. The van der Waals surface area contributed by atoms with Gasteiger partial charge in [-0.3, -0.25) is 15.4 Å². The predicted molar refractivity (Wildman–Crippen MR) is 124 cm³/mol. The maximum absolute atomic E-state index is 13.1. The fourth-order valence-corrected chi connectivity index (χ4v) is 3.95. The first-order chi connectivity index (χ1) is 16.6. The monoisotopic (exact) mass is 510 g/mol. The zero-order chi connectivity index (χ0) is 26.2. The van der Waals surface area contributed by atoms with Crippen LogP contribution in [-0.4, -0.2) is 75.7 Å². The van der Waals surface area contributed by atoms with Gasteiger partial charge in [0, 0.05) is 18.8 Å². The Kier molecular flexibility index (Phi) is 9.16. The maximum atomic E-state index is 13.1. The number of hydrogen-bond donors (Lipinski definition) is 3. The Morgan fingerprint density at radius 3 is 2.06 bits per heavy atom. The molecule has 0 aliphatic heterocycles. The molecule has 0 saturated carbocycles. The van der Waals surface area contributed by atoms with Gasteiger partial charge in [-0.05, 0) is 32.0 Å². The van der Waals surface area contributed by atoms with E-state index in [2.05, 4.69) is 25.3 Å². The summed E-state index contributed by atoms with van der Waals surface area (Å²) in [5.41, 5.74) is -0.182. The minimum absolute atomic E-state index is 0.0228. The van der Waals surface area contributed by atoms with Gasteiger partial charge >= 0.3 is 12.1 Å². The molecule has 1 aromatic heterocycles. The highest BCUT2D eigenvalue weighted by molar-refractivity contribution is 7.90. The van der Waals surface area contributed by atoms with Crippen LogP contribution in [0, 0.1) is 0 Å². The Hall–Kier alpha value is -4.14. The van der Waals surface area contributed by atoms with Gasteiger partial charge in [-0.1, -0.05) is 0 Å². The first-order valence-corrected chi connectivity index (χ1v) is 11.7. The van der Waals surface area contributed by atoms with E-state index < -0.39 is 33.0 Å². The lowest BCUT2D eigenvalue weighted by molar-refractivity contribution is 0.0769. The SMILES string of the molecule is CCN(CC)C(=O)c1ccc(NC(=O)OC)cc1S(=O)(=O)NC(=O)Nc1nc(OC)cc(OC)n1. The molecule has 0 aliphatic carbocycles. The smallest absolute Gasteiger partial charge is 0.411 e. The van der Waals surface area contributed by atoms with Crippen LogP contribution in [0.1, 0.15) is 24.2 Å². The van der Waals surface area contributed by atoms with E-state index in [-0.39, 0.29) is 29.0 Å². The van der Waals surface area contributed by atoms with Crippen molar-refractivity contribution in [3.63, 3.8) is 0 Å². The first-order valence-electron chi connectivity index (χ1n) is 10.2. The van der Waals surface area contributed by atoms with Crippen LogP contribution in [0.25, 0.3) is 0 Å². The standard InChI is InChI=1S/C20H26N6O8S/c1-6-26(7-2)17(27)13-9-8-12(21-20(29)34-5)10-14(13)35(30,31)25-19(28)24-18-22-15(32-3)11-16(23-18)33-4/h8-11H,6-7H2,1-5H3,(H,21,29)(H2,22,23,24,25,28). The minimum atomic E-state index is -4.62. The second-order valence-corrected chi connectivity index (χ2v) is 8.29. The van der Waals surface area contributed by atoms with E-state index in [0.717, 1.165) is 13.2 Å². The number of rotatable bonds is 9. The number of carbonyl (C=O) groups is 3. The van der Waals surface area contributed by atoms with Gasteiger partial charge < -0.3 is 19.1 Å². The molecule has 1 heterocycles. The van der Waals surface area contributed by atoms with Gasteiger partial charge in [-0.2, -0.15) is 9.97 Å². The van der Waals surface area contributed by atoms with Gasteiger partial charge in [0.05, 0.1) is 33.0 Å². The molecule has 4 amide bonds. The van der Waals surface area contributed by atoms with Crippen molar-refractivity contribution in [3.05, 3.63) is 29.8 Å². The van der Waals surface area contributed by atoms with Crippen molar-refractivity contribution < 1.29 is 37.0 Å². The number of sulfonamides is 1. The summed E-state index contributed by atoms with van der Waals surface area (Å²) in [6, 6.07) is 3.74. The average Bonchev–Trinajstić information content (AvgIpc) is 2.83. The van der Waals surface area contributed by atoms with Crippen LogP contribution >= 0.6 is 0 Å². The van der Waals surface area contributed by atoms with Crippen molar-refractivity contribution in [3.8, 4) is 11.8 Å². The van der Waals surface area contributed by atoms with E-state index in [1.54, 1.807) is 18.6 Å². The molecule has 0 spiro atoms. The second-order valence-electron chi connectivity index (χ2n) is 6.64. The number of anilines is 2. The van der Waals surface area contributed by atoms with Crippen molar-refractivity contribution in [2.45, 2.75) is 18.7 Å². The molecule has 0 radical (unpaired) electrons. The summed E-state index contributed by atoms with van der Waals surface area (Å²) in [5.74, 6) is -0.761. The number of ether oxygens (including phenoxy) is 3. The average molecular weight is 511 g/mol. The molecule has 0 saturated heterocycles. The van der Waals surface area contributed by atoms with Crippen molar-refractivity contribution >= 4 is 39.7 Å². The first kappa shape index (κ1) is 27.1. The molecule has 0 unspecified atom stereocenters. The molecule has 35 heavy (non-hydrogen) atoms. The summed E-state index contributed by atoms with van der Waals surface area (Å²) in [4.78, 5) is 45.7. The number of nitrogens with one attached hydrogen (secondary N) is 3. The highest BCUT2D eigenvalue weighted by atomic mass is 32.2. The number of benzene rings is 1. The largest absolute Gasteiger partial charge is 0.481 e. The highest BCUT2D eigenvalue weighted by Gasteiger charge is 2.27. The van der Waals surface area contributed by atoms with Crippen LogP contribution in [0.4, 0.5) is 21.2 Å². The number of amides is 4. The summed E-state index contributed by atoms with van der Waals surface area (Å²) in [6.45, 7) is 4.10. The van der Waals surface area contributed by atoms with Crippen LogP contribution in [-0.2, 0) is 14.8 Å². The van der Waals surface area contributed by atoms with Crippen LogP contribution in [0.5, 0.6) is 11.8 Å². The van der Waals surface area contributed by atoms with Crippen LogP contribution in [0.15, 0.2) is 29.2 Å². The Labute approximate surface area is 202 Å². The molecular weight excluding hydrogens is 484 g/mol. The lowest BCUT2D eigenvalue weighted by Gasteiger charge is -2.21. The van der Waals surface area contributed by atoms with Crippen molar-refractivity contribution in [1.29, 1.82) is 0 Å². The van der Waals surface area contributed by atoms with E-state index >= 15 is 0 Å². The van der Waals surface area contributed by atoms with Gasteiger partial charge in [0.1, 0.15) is 4.90 Å². The third kappa shape index (κ3) is 6.92. The lowest BCUT2D eigenvalue weighted by Crippen LogP contribution is -2.37. The molecule has 15 heteroatoms. The Morgan fingerprint density at radius 2 is 1.54 bits per heavy atom. The van der Waals surface area contributed by atoms with Crippen molar-refractivity contribution in [1.82, 2.24) is 19.6 Å². The maximum Gasteiger partial charge on any atom is 0.411 e. The molecule has 190 valence electrons. The van der Waals surface area contributed by atoms with Gasteiger partial charge in [0.15, 0.2) is 0 Å². The van der Waals surface area contributed by atoms with Gasteiger partial charge in [-0.25, -0.2) is 22.7 Å². The zero-order valence-electron chi connectivity index (χ0n) is 19.7. The number of carbonyl (C=O) groups excluding carboxylic acids is 3. The number of aromatic nitrogens is 2. The van der Waals surface area contributed by atoms with E-state index in [0.29, 0.717) is 13.1 Å². The minimum Gasteiger partial charge on any atom is -0.481 e. The van der Waals surface area contributed by atoms with Crippen LogP contribution in [0.3, 0.4) is 0 Å². The number of nitrogens with zero attached hydrogens (tertiary/aromatic N) is 3. The highest BCUT2D eigenvalue weighted by Crippen LogP contribution is 2.23.